The molecule has 4 heteroatoms. The van der Waals surface area contributed by atoms with Crippen LogP contribution in [0.3, 0.4) is 0 Å². The van der Waals surface area contributed by atoms with Crippen molar-refractivity contribution in [3.8, 4) is 0 Å². The molecule has 0 aliphatic carbocycles. The molecule has 22 heavy (non-hydrogen) atoms. The Morgan fingerprint density at radius 3 is 2.09 bits per heavy atom. The zero-order valence-corrected chi connectivity index (χ0v) is 14.5. The van der Waals surface area contributed by atoms with E-state index in [-0.39, 0.29) is 11.7 Å². The largest absolute Gasteiger partial charge is 0.286 e. The second-order valence-electron chi connectivity index (χ2n) is 6.09. The molecular formula is C18H30O3S. The zero-order valence-electron chi connectivity index (χ0n) is 13.7. The number of benzene rings is 1. The van der Waals surface area contributed by atoms with Crippen molar-refractivity contribution in [1.82, 2.24) is 0 Å². The Kier molecular flexibility index (Phi) is 9.41. The average molecular weight is 327 g/mol. The molecule has 3 nitrogen and oxygen atoms in total. The fourth-order valence-electron chi connectivity index (χ4n) is 2.84. The SMILES string of the molecule is CCCCCCCCCC(CCS(=O)(=O)O)c1ccccc1. The fourth-order valence-corrected chi connectivity index (χ4v) is 3.42. The third-order valence-corrected chi connectivity index (χ3v) is 4.90. The monoisotopic (exact) mass is 326 g/mol. The van der Waals surface area contributed by atoms with Crippen molar-refractivity contribution in [2.45, 2.75) is 70.6 Å². The molecule has 1 unspecified atom stereocenters. The molecule has 1 aromatic carbocycles. The van der Waals surface area contributed by atoms with Crippen LogP contribution in [0.15, 0.2) is 30.3 Å². The van der Waals surface area contributed by atoms with Crippen molar-refractivity contribution in [3.63, 3.8) is 0 Å². The number of hydrogen-bond acceptors (Lipinski definition) is 2. The van der Waals surface area contributed by atoms with E-state index < -0.39 is 10.1 Å². The molecule has 0 aliphatic rings. The summed E-state index contributed by atoms with van der Waals surface area (Å²) in [6.45, 7) is 2.22. The van der Waals surface area contributed by atoms with Crippen LogP contribution in [0.2, 0.25) is 0 Å². The number of hydrogen-bond donors (Lipinski definition) is 1. The molecule has 0 aliphatic heterocycles. The maximum absolute atomic E-state index is 11.0. The highest BCUT2D eigenvalue weighted by molar-refractivity contribution is 7.85. The second kappa shape index (κ2) is 10.8. The highest BCUT2D eigenvalue weighted by Gasteiger charge is 2.15. The summed E-state index contributed by atoms with van der Waals surface area (Å²) in [5, 5.41) is 0. The highest BCUT2D eigenvalue weighted by atomic mass is 32.2. The van der Waals surface area contributed by atoms with E-state index in [0.29, 0.717) is 6.42 Å². The average Bonchev–Trinajstić information content (AvgIpc) is 2.49. The van der Waals surface area contributed by atoms with Gasteiger partial charge >= 0.3 is 0 Å². The first-order chi connectivity index (χ1) is 10.5. The summed E-state index contributed by atoms with van der Waals surface area (Å²) in [4.78, 5) is 0. The molecule has 0 fully saturated rings. The molecule has 0 heterocycles. The Bertz CT molecular complexity index is 482. The minimum absolute atomic E-state index is 0.150. The lowest BCUT2D eigenvalue weighted by atomic mass is 9.91. The van der Waals surface area contributed by atoms with Crippen molar-refractivity contribution < 1.29 is 13.0 Å². The van der Waals surface area contributed by atoms with Gasteiger partial charge in [0.15, 0.2) is 0 Å². The van der Waals surface area contributed by atoms with Crippen LogP contribution in [0, 0.1) is 0 Å². The Morgan fingerprint density at radius 2 is 1.50 bits per heavy atom. The maximum Gasteiger partial charge on any atom is 0.264 e. The van der Waals surface area contributed by atoms with E-state index in [2.05, 4.69) is 19.1 Å². The number of unbranched alkanes of at least 4 members (excludes halogenated alkanes) is 6. The van der Waals surface area contributed by atoms with E-state index in [4.69, 9.17) is 4.55 Å². The van der Waals surface area contributed by atoms with E-state index in [1.165, 1.54) is 44.1 Å². The third kappa shape index (κ3) is 9.21. The molecule has 0 radical (unpaired) electrons. The lowest BCUT2D eigenvalue weighted by molar-refractivity contribution is 0.471. The summed E-state index contributed by atoms with van der Waals surface area (Å²) < 4.78 is 31.0. The Morgan fingerprint density at radius 1 is 0.909 bits per heavy atom. The van der Waals surface area contributed by atoms with Gasteiger partial charge < -0.3 is 0 Å². The van der Waals surface area contributed by atoms with Gasteiger partial charge in [-0.3, -0.25) is 4.55 Å². The summed E-state index contributed by atoms with van der Waals surface area (Å²) in [6.07, 6.45) is 10.3. The van der Waals surface area contributed by atoms with Crippen LogP contribution in [0.1, 0.15) is 76.2 Å². The van der Waals surface area contributed by atoms with Crippen molar-refractivity contribution in [3.05, 3.63) is 35.9 Å². The van der Waals surface area contributed by atoms with Crippen LogP contribution in [0.25, 0.3) is 0 Å². The van der Waals surface area contributed by atoms with Crippen LogP contribution in [-0.2, 0) is 10.1 Å². The van der Waals surface area contributed by atoms with E-state index in [1.54, 1.807) is 0 Å². The summed E-state index contributed by atoms with van der Waals surface area (Å²) in [5.41, 5.74) is 1.18. The predicted molar refractivity (Wildman–Crippen MR) is 92.8 cm³/mol. The lowest BCUT2D eigenvalue weighted by Crippen LogP contribution is -2.09. The van der Waals surface area contributed by atoms with Gasteiger partial charge in [0, 0.05) is 0 Å². The van der Waals surface area contributed by atoms with Gasteiger partial charge in [-0.15, -0.1) is 0 Å². The predicted octanol–water partition coefficient (Wildman–Crippen LogP) is 5.19. The van der Waals surface area contributed by atoms with Crippen LogP contribution in [-0.4, -0.2) is 18.7 Å². The van der Waals surface area contributed by atoms with Crippen molar-refractivity contribution >= 4 is 10.1 Å². The number of rotatable bonds is 12. The topological polar surface area (TPSA) is 54.4 Å². The van der Waals surface area contributed by atoms with Crippen molar-refractivity contribution in [1.29, 1.82) is 0 Å². The third-order valence-electron chi connectivity index (χ3n) is 4.15. The molecule has 0 amide bonds. The first kappa shape index (κ1) is 19.2. The van der Waals surface area contributed by atoms with E-state index in [1.807, 2.05) is 18.2 Å². The van der Waals surface area contributed by atoms with Gasteiger partial charge in [-0.1, -0.05) is 82.2 Å². The molecule has 1 aromatic rings. The van der Waals surface area contributed by atoms with Gasteiger partial charge in [-0.2, -0.15) is 8.42 Å². The summed E-state index contributed by atoms with van der Waals surface area (Å²) in [7, 11) is -3.87. The van der Waals surface area contributed by atoms with Gasteiger partial charge in [-0.05, 0) is 24.3 Å². The smallest absolute Gasteiger partial charge is 0.264 e. The highest BCUT2D eigenvalue weighted by Crippen LogP contribution is 2.26. The second-order valence-corrected chi connectivity index (χ2v) is 7.66. The standard InChI is InChI=1S/C18H30O3S/c1-2-3-4-5-6-7-9-14-18(15-16-22(19,20)21)17-12-10-8-11-13-17/h8,10-13,18H,2-7,9,14-16H2,1H3,(H,19,20,21). The quantitative estimate of drug-likeness (QED) is 0.425. The first-order valence-electron chi connectivity index (χ1n) is 8.53. The van der Waals surface area contributed by atoms with Gasteiger partial charge in [0.1, 0.15) is 0 Å². The first-order valence-corrected chi connectivity index (χ1v) is 10.1. The summed E-state index contributed by atoms with van der Waals surface area (Å²) in [6, 6.07) is 10.0. The van der Waals surface area contributed by atoms with Crippen LogP contribution in [0.4, 0.5) is 0 Å². The maximum atomic E-state index is 11.0. The molecule has 0 bridgehead atoms. The molecule has 0 spiro atoms. The summed E-state index contributed by atoms with van der Waals surface area (Å²) in [5.74, 6) is 0.0713. The molecular weight excluding hydrogens is 296 g/mol. The van der Waals surface area contributed by atoms with E-state index in [0.717, 1.165) is 12.8 Å². The summed E-state index contributed by atoms with van der Waals surface area (Å²) >= 11 is 0. The molecule has 1 N–H and O–H groups in total. The molecule has 0 saturated carbocycles. The van der Waals surface area contributed by atoms with Crippen molar-refractivity contribution in [2.24, 2.45) is 0 Å². The van der Waals surface area contributed by atoms with Gasteiger partial charge in [-0.25, -0.2) is 0 Å². The van der Waals surface area contributed by atoms with Crippen LogP contribution < -0.4 is 0 Å². The molecule has 126 valence electrons. The lowest BCUT2D eigenvalue weighted by Gasteiger charge is -2.16. The van der Waals surface area contributed by atoms with Gasteiger partial charge in [0.05, 0.1) is 5.75 Å². The van der Waals surface area contributed by atoms with Crippen LogP contribution in [0.5, 0.6) is 0 Å². The molecule has 1 rings (SSSR count). The molecule has 1 atom stereocenters. The van der Waals surface area contributed by atoms with Gasteiger partial charge in [0.25, 0.3) is 10.1 Å². The Labute approximate surface area is 135 Å². The van der Waals surface area contributed by atoms with E-state index >= 15 is 0 Å². The van der Waals surface area contributed by atoms with Gasteiger partial charge in [0.2, 0.25) is 0 Å². The molecule has 0 saturated heterocycles. The Balaban J connectivity index is 2.39. The van der Waals surface area contributed by atoms with E-state index in [9.17, 15) is 8.42 Å². The fraction of sp³-hybridized carbons (Fsp3) is 0.667. The zero-order chi connectivity index (χ0) is 16.3. The normalized spacial score (nSPS) is 13.2. The Hall–Kier alpha value is -0.870. The minimum Gasteiger partial charge on any atom is -0.286 e. The molecule has 0 aromatic heterocycles. The minimum atomic E-state index is -3.87. The van der Waals surface area contributed by atoms with Crippen molar-refractivity contribution in [2.75, 3.05) is 5.75 Å². The van der Waals surface area contributed by atoms with Crippen LogP contribution >= 0.6 is 0 Å².